The Kier molecular flexibility index (Phi) is 5.84. The zero-order chi connectivity index (χ0) is 15.7. The number of carbonyl (C=O) groups excluding carboxylic acids is 1. The summed E-state index contributed by atoms with van der Waals surface area (Å²) in [6, 6.07) is 13.4. The minimum Gasteiger partial charge on any atom is -0.336 e. The van der Waals surface area contributed by atoms with E-state index in [1.807, 2.05) is 48.2 Å². The number of amides is 1. The number of rotatable bonds is 2. The highest BCUT2D eigenvalue weighted by molar-refractivity contribution is 9.10. The minimum atomic E-state index is -0.589. The van der Waals surface area contributed by atoms with Crippen molar-refractivity contribution < 1.29 is 4.79 Å². The Morgan fingerprint density at radius 2 is 1.91 bits per heavy atom. The van der Waals surface area contributed by atoms with Crippen LogP contribution in [0.4, 0.5) is 0 Å². The third-order valence-electron chi connectivity index (χ3n) is 4.22. The van der Waals surface area contributed by atoms with Crippen LogP contribution >= 0.6 is 28.3 Å². The number of carbonyl (C=O) groups is 1. The molecular weight excluding hydrogens is 376 g/mol. The second kappa shape index (κ2) is 7.47. The molecule has 3 nitrogen and oxygen atoms in total. The molecule has 0 aromatic heterocycles. The number of aryl methyl sites for hydroxylation is 1. The van der Waals surface area contributed by atoms with Crippen molar-refractivity contribution in [3.05, 3.63) is 69.2 Å². The Morgan fingerprint density at radius 1 is 1.22 bits per heavy atom. The molecule has 0 spiro atoms. The highest BCUT2D eigenvalue weighted by Gasteiger charge is 2.26. The molecule has 1 amide bonds. The number of nitrogens with zero attached hydrogens (tertiary/aromatic N) is 1. The van der Waals surface area contributed by atoms with Gasteiger partial charge in [-0.3, -0.25) is 4.79 Å². The third-order valence-corrected chi connectivity index (χ3v) is 4.97. The van der Waals surface area contributed by atoms with Crippen molar-refractivity contribution >= 4 is 34.2 Å². The fourth-order valence-corrected chi connectivity index (χ4v) is 3.47. The monoisotopic (exact) mass is 394 g/mol. The molecule has 0 saturated carbocycles. The van der Waals surface area contributed by atoms with Crippen LogP contribution in [0, 0.1) is 6.92 Å². The molecule has 0 saturated heterocycles. The lowest BCUT2D eigenvalue weighted by Crippen LogP contribution is -2.41. The maximum absolute atomic E-state index is 12.7. The average Bonchev–Trinajstić information content (AvgIpc) is 2.54. The molecule has 1 unspecified atom stereocenters. The van der Waals surface area contributed by atoms with Gasteiger partial charge in [0.05, 0.1) is 0 Å². The molecule has 122 valence electrons. The van der Waals surface area contributed by atoms with E-state index in [9.17, 15) is 4.79 Å². The zero-order valence-electron chi connectivity index (χ0n) is 13.0. The fourth-order valence-electron chi connectivity index (χ4n) is 2.86. The van der Waals surface area contributed by atoms with Crippen LogP contribution in [0.3, 0.4) is 0 Å². The average molecular weight is 396 g/mol. The Hall–Kier alpha value is -1.36. The van der Waals surface area contributed by atoms with Crippen LogP contribution in [0.25, 0.3) is 0 Å². The minimum absolute atomic E-state index is 0. The maximum Gasteiger partial charge on any atom is 0.244 e. The summed E-state index contributed by atoms with van der Waals surface area (Å²) in [4.78, 5) is 14.5. The first-order valence-electron chi connectivity index (χ1n) is 7.43. The Bertz CT molecular complexity index is 703. The molecule has 23 heavy (non-hydrogen) atoms. The highest BCUT2D eigenvalue weighted by Crippen LogP contribution is 2.27. The van der Waals surface area contributed by atoms with Crippen LogP contribution in [0.5, 0.6) is 0 Å². The van der Waals surface area contributed by atoms with Gasteiger partial charge in [-0.05, 0) is 36.1 Å². The van der Waals surface area contributed by atoms with Crippen molar-refractivity contribution in [2.24, 2.45) is 5.73 Å². The molecule has 5 heteroatoms. The molecule has 1 aliphatic rings. The van der Waals surface area contributed by atoms with Gasteiger partial charge < -0.3 is 10.6 Å². The molecule has 2 aromatic rings. The number of hydrogen-bond acceptors (Lipinski definition) is 2. The molecule has 1 atom stereocenters. The standard InChI is InChI=1S/C18H19BrN2O.ClH/c1-12-5-7-13(8-6-12)17(20)18(22)21-10-9-15-14(11-21)3-2-4-16(15)19;/h2-8,17H,9-11,20H2,1H3;1H. The van der Waals surface area contributed by atoms with Gasteiger partial charge >= 0.3 is 0 Å². The molecule has 0 aliphatic carbocycles. The SMILES string of the molecule is Cc1ccc(C(N)C(=O)N2CCc3c(Br)cccc3C2)cc1.Cl. The summed E-state index contributed by atoms with van der Waals surface area (Å²) in [6.45, 7) is 3.37. The number of halogens is 2. The number of fused-ring (bicyclic) bond motifs is 1. The van der Waals surface area contributed by atoms with Crippen LogP contribution in [0.2, 0.25) is 0 Å². The Balaban J connectivity index is 0.00000192. The lowest BCUT2D eigenvalue weighted by atomic mass is 9.98. The summed E-state index contributed by atoms with van der Waals surface area (Å²) in [5, 5.41) is 0. The number of nitrogens with two attached hydrogens (primary N) is 1. The molecule has 2 N–H and O–H groups in total. The van der Waals surface area contributed by atoms with Crippen LogP contribution in [-0.2, 0) is 17.8 Å². The second-order valence-electron chi connectivity index (χ2n) is 5.78. The fraction of sp³-hybridized carbons (Fsp3) is 0.278. The van der Waals surface area contributed by atoms with E-state index in [1.54, 1.807) is 0 Å². The van der Waals surface area contributed by atoms with Gasteiger partial charge in [-0.15, -0.1) is 12.4 Å². The molecule has 0 bridgehead atoms. The Morgan fingerprint density at radius 3 is 2.61 bits per heavy atom. The predicted octanol–water partition coefficient (Wildman–Crippen LogP) is 3.76. The quantitative estimate of drug-likeness (QED) is 0.841. The van der Waals surface area contributed by atoms with Crippen molar-refractivity contribution in [2.45, 2.75) is 25.9 Å². The molecule has 3 rings (SSSR count). The van der Waals surface area contributed by atoms with Crippen LogP contribution < -0.4 is 5.73 Å². The largest absolute Gasteiger partial charge is 0.336 e. The molecule has 1 heterocycles. The molecule has 0 fully saturated rings. The van der Waals surface area contributed by atoms with E-state index in [0.29, 0.717) is 13.1 Å². The third kappa shape index (κ3) is 3.77. The summed E-state index contributed by atoms with van der Waals surface area (Å²) in [6.07, 6.45) is 0.864. The van der Waals surface area contributed by atoms with Gasteiger partial charge in [0.1, 0.15) is 6.04 Å². The first-order valence-corrected chi connectivity index (χ1v) is 8.23. The second-order valence-corrected chi connectivity index (χ2v) is 6.63. The predicted molar refractivity (Wildman–Crippen MR) is 98.6 cm³/mol. The summed E-state index contributed by atoms with van der Waals surface area (Å²) >= 11 is 3.58. The van der Waals surface area contributed by atoms with Gasteiger partial charge in [0.25, 0.3) is 0 Å². The summed E-state index contributed by atoms with van der Waals surface area (Å²) in [7, 11) is 0. The zero-order valence-corrected chi connectivity index (χ0v) is 15.4. The van der Waals surface area contributed by atoms with E-state index < -0.39 is 6.04 Å². The molecule has 2 aromatic carbocycles. The Labute approximate surface area is 151 Å². The van der Waals surface area contributed by atoms with E-state index in [4.69, 9.17) is 5.73 Å². The van der Waals surface area contributed by atoms with Gasteiger partial charge in [-0.2, -0.15) is 0 Å². The topological polar surface area (TPSA) is 46.3 Å². The van der Waals surface area contributed by atoms with E-state index in [1.165, 1.54) is 16.7 Å². The van der Waals surface area contributed by atoms with E-state index >= 15 is 0 Å². The first-order chi connectivity index (χ1) is 10.6. The van der Waals surface area contributed by atoms with Crippen molar-refractivity contribution in [3.63, 3.8) is 0 Å². The van der Waals surface area contributed by atoms with Crippen molar-refractivity contribution in [3.8, 4) is 0 Å². The summed E-state index contributed by atoms with van der Waals surface area (Å²) in [5.41, 5.74) is 10.7. The smallest absolute Gasteiger partial charge is 0.244 e. The van der Waals surface area contributed by atoms with E-state index in [0.717, 1.165) is 16.5 Å². The molecule has 0 radical (unpaired) electrons. The van der Waals surface area contributed by atoms with E-state index in [-0.39, 0.29) is 18.3 Å². The van der Waals surface area contributed by atoms with Crippen LogP contribution in [0.1, 0.15) is 28.3 Å². The van der Waals surface area contributed by atoms with Gasteiger partial charge in [-0.1, -0.05) is 57.9 Å². The normalized spacial score (nSPS) is 14.7. The lowest BCUT2D eigenvalue weighted by Gasteiger charge is -2.31. The van der Waals surface area contributed by atoms with Gasteiger partial charge in [0.2, 0.25) is 5.91 Å². The van der Waals surface area contributed by atoms with Crippen molar-refractivity contribution in [1.82, 2.24) is 4.90 Å². The van der Waals surface area contributed by atoms with Gasteiger partial charge in [0.15, 0.2) is 0 Å². The van der Waals surface area contributed by atoms with E-state index in [2.05, 4.69) is 22.0 Å². The van der Waals surface area contributed by atoms with Gasteiger partial charge in [0, 0.05) is 17.6 Å². The summed E-state index contributed by atoms with van der Waals surface area (Å²) in [5.74, 6) is -0.00511. The number of hydrogen-bond donors (Lipinski definition) is 1. The van der Waals surface area contributed by atoms with Crippen LogP contribution in [0.15, 0.2) is 46.9 Å². The lowest BCUT2D eigenvalue weighted by molar-refractivity contribution is -0.133. The van der Waals surface area contributed by atoms with Crippen molar-refractivity contribution in [1.29, 1.82) is 0 Å². The summed E-state index contributed by atoms with van der Waals surface area (Å²) < 4.78 is 1.12. The molecular formula is C18H20BrClN2O. The first kappa shape index (κ1) is 18.0. The van der Waals surface area contributed by atoms with Gasteiger partial charge in [-0.25, -0.2) is 0 Å². The maximum atomic E-state index is 12.7. The highest BCUT2D eigenvalue weighted by atomic mass is 79.9. The molecule has 1 aliphatic heterocycles. The number of benzene rings is 2. The van der Waals surface area contributed by atoms with Crippen molar-refractivity contribution in [2.75, 3.05) is 6.54 Å². The van der Waals surface area contributed by atoms with Crippen LogP contribution in [-0.4, -0.2) is 17.4 Å².